The summed E-state index contributed by atoms with van der Waals surface area (Å²) in [4.78, 5) is 45.8. The maximum atomic E-state index is 13.8. The number of carbonyl (C=O) groups is 3. The van der Waals surface area contributed by atoms with E-state index in [0.29, 0.717) is 25.6 Å². The monoisotopic (exact) mass is 511 g/mol. The molecule has 1 aromatic carbocycles. The van der Waals surface area contributed by atoms with E-state index < -0.39 is 5.60 Å². The van der Waals surface area contributed by atoms with E-state index in [1.54, 1.807) is 18.9 Å². The lowest BCUT2D eigenvalue weighted by Gasteiger charge is -2.39. The SMILES string of the molecule is CCOC(=O)CC1c2[nH]c3ccccc3c2CCN1C(=O)C1CCC(CN(C)C(=O)OC(C)(C)C)CC1. The molecule has 0 radical (unpaired) electrons. The summed E-state index contributed by atoms with van der Waals surface area (Å²) in [6, 6.07) is 7.80. The standard InChI is InChI=1S/C29H41N3O5/c1-6-36-25(33)17-24-26-22(21-9-7-8-10-23(21)30-26)15-16-32(24)27(34)20-13-11-19(12-14-20)18-31(5)28(35)37-29(2,3)4/h7-10,19-20,24,30H,6,11-18H2,1-5H3. The van der Waals surface area contributed by atoms with E-state index in [-0.39, 0.29) is 36.4 Å². The number of carbonyl (C=O) groups excluding carboxylic acids is 3. The summed E-state index contributed by atoms with van der Waals surface area (Å²) in [5.74, 6) is 0.112. The summed E-state index contributed by atoms with van der Waals surface area (Å²) >= 11 is 0. The molecule has 0 spiro atoms. The molecular weight excluding hydrogens is 470 g/mol. The number of para-hydroxylation sites is 1. The average molecular weight is 512 g/mol. The van der Waals surface area contributed by atoms with Gasteiger partial charge in [0.25, 0.3) is 0 Å². The summed E-state index contributed by atoms with van der Waals surface area (Å²) in [6.07, 6.45) is 3.95. The Kier molecular flexibility index (Phi) is 8.14. The number of amides is 2. The second-order valence-electron chi connectivity index (χ2n) is 11.4. The van der Waals surface area contributed by atoms with E-state index >= 15 is 0 Å². The molecule has 8 heteroatoms. The Balaban J connectivity index is 1.43. The third kappa shape index (κ3) is 6.28. The second kappa shape index (κ2) is 11.2. The largest absolute Gasteiger partial charge is 0.466 e. The zero-order valence-electron chi connectivity index (χ0n) is 22.8. The van der Waals surface area contributed by atoms with Gasteiger partial charge in [-0.05, 0) is 77.3 Å². The van der Waals surface area contributed by atoms with E-state index in [0.717, 1.165) is 48.7 Å². The highest BCUT2D eigenvalue weighted by atomic mass is 16.6. The van der Waals surface area contributed by atoms with Gasteiger partial charge in [-0.2, -0.15) is 0 Å². The van der Waals surface area contributed by atoms with Crippen molar-refractivity contribution in [1.29, 1.82) is 0 Å². The summed E-state index contributed by atoms with van der Waals surface area (Å²) in [6.45, 7) is 8.94. The topological polar surface area (TPSA) is 91.9 Å². The van der Waals surface area contributed by atoms with Crippen LogP contribution in [0.4, 0.5) is 4.79 Å². The number of esters is 1. The minimum Gasteiger partial charge on any atom is -0.466 e. The van der Waals surface area contributed by atoms with Crippen LogP contribution in [0.3, 0.4) is 0 Å². The lowest BCUT2D eigenvalue weighted by atomic mass is 9.80. The molecule has 2 aliphatic rings. The predicted octanol–water partition coefficient (Wildman–Crippen LogP) is 5.22. The van der Waals surface area contributed by atoms with Crippen LogP contribution in [0, 0.1) is 11.8 Å². The molecule has 1 aliphatic heterocycles. The van der Waals surface area contributed by atoms with E-state index in [1.165, 1.54) is 5.56 Å². The van der Waals surface area contributed by atoms with Crippen molar-refractivity contribution in [3.8, 4) is 0 Å². The lowest BCUT2D eigenvalue weighted by Crippen LogP contribution is -2.45. The summed E-state index contributed by atoms with van der Waals surface area (Å²) in [5, 5.41) is 1.16. The maximum Gasteiger partial charge on any atom is 0.410 e. The molecule has 1 unspecified atom stereocenters. The molecule has 4 rings (SSSR count). The molecule has 0 bridgehead atoms. The fourth-order valence-electron chi connectivity index (χ4n) is 5.80. The first-order valence-corrected chi connectivity index (χ1v) is 13.6. The highest BCUT2D eigenvalue weighted by molar-refractivity contribution is 5.87. The number of nitrogens with zero attached hydrogens (tertiary/aromatic N) is 2. The fraction of sp³-hybridized carbons (Fsp3) is 0.621. The number of hydrogen-bond acceptors (Lipinski definition) is 5. The minimum atomic E-state index is -0.519. The van der Waals surface area contributed by atoms with Crippen molar-refractivity contribution < 1.29 is 23.9 Å². The van der Waals surface area contributed by atoms with Gasteiger partial charge in [0.1, 0.15) is 5.60 Å². The van der Waals surface area contributed by atoms with Gasteiger partial charge in [-0.1, -0.05) is 18.2 Å². The van der Waals surface area contributed by atoms with E-state index in [4.69, 9.17) is 9.47 Å². The average Bonchev–Trinajstić information content (AvgIpc) is 3.23. The number of aromatic amines is 1. The van der Waals surface area contributed by atoms with Crippen LogP contribution in [-0.2, 0) is 25.5 Å². The molecule has 8 nitrogen and oxygen atoms in total. The van der Waals surface area contributed by atoms with E-state index in [9.17, 15) is 14.4 Å². The van der Waals surface area contributed by atoms with Crippen molar-refractivity contribution in [2.75, 3.05) is 26.7 Å². The van der Waals surface area contributed by atoms with Gasteiger partial charge < -0.3 is 24.3 Å². The number of hydrogen-bond donors (Lipinski definition) is 1. The minimum absolute atomic E-state index is 0.0706. The predicted molar refractivity (Wildman–Crippen MR) is 142 cm³/mol. The Hall–Kier alpha value is -3.03. The molecular formula is C29H41N3O5. The van der Waals surface area contributed by atoms with Gasteiger partial charge in [-0.3, -0.25) is 9.59 Å². The van der Waals surface area contributed by atoms with Crippen LogP contribution in [0.5, 0.6) is 0 Å². The van der Waals surface area contributed by atoms with Crippen LogP contribution in [0.25, 0.3) is 10.9 Å². The molecule has 2 amide bonds. The van der Waals surface area contributed by atoms with Crippen molar-refractivity contribution in [3.05, 3.63) is 35.5 Å². The van der Waals surface area contributed by atoms with E-state index in [2.05, 4.69) is 11.1 Å². The van der Waals surface area contributed by atoms with Crippen LogP contribution in [-0.4, -0.2) is 65.1 Å². The molecule has 1 fully saturated rings. The zero-order valence-corrected chi connectivity index (χ0v) is 22.8. The second-order valence-corrected chi connectivity index (χ2v) is 11.4. The quantitative estimate of drug-likeness (QED) is 0.537. The Morgan fingerprint density at radius 1 is 1.11 bits per heavy atom. The number of nitrogens with one attached hydrogen (secondary N) is 1. The first-order chi connectivity index (χ1) is 17.6. The summed E-state index contributed by atoms with van der Waals surface area (Å²) in [5.41, 5.74) is 2.67. The van der Waals surface area contributed by atoms with Crippen LogP contribution in [0.1, 0.15) is 77.1 Å². The number of benzene rings is 1. The summed E-state index contributed by atoms with van der Waals surface area (Å²) in [7, 11) is 1.77. The molecule has 1 saturated carbocycles. The van der Waals surface area contributed by atoms with Crippen LogP contribution in [0.15, 0.2) is 24.3 Å². The van der Waals surface area contributed by atoms with Crippen molar-refractivity contribution in [3.63, 3.8) is 0 Å². The van der Waals surface area contributed by atoms with Crippen molar-refractivity contribution in [2.24, 2.45) is 11.8 Å². The normalized spacial score (nSPS) is 21.9. The zero-order chi connectivity index (χ0) is 26.7. The number of fused-ring (bicyclic) bond motifs is 3. The van der Waals surface area contributed by atoms with Crippen molar-refractivity contribution in [1.82, 2.24) is 14.8 Å². The van der Waals surface area contributed by atoms with Crippen molar-refractivity contribution >= 4 is 28.9 Å². The van der Waals surface area contributed by atoms with Gasteiger partial charge in [-0.15, -0.1) is 0 Å². The highest BCUT2D eigenvalue weighted by Gasteiger charge is 2.39. The number of rotatable bonds is 6. The van der Waals surface area contributed by atoms with Gasteiger partial charge in [-0.25, -0.2) is 4.79 Å². The third-order valence-corrected chi connectivity index (χ3v) is 7.54. The lowest BCUT2D eigenvalue weighted by molar-refractivity contribution is -0.147. The van der Waals surface area contributed by atoms with Gasteiger partial charge in [0.15, 0.2) is 0 Å². The first-order valence-electron chi connectivity index (χ1n) is 13.6. The Labute approximate surface area is 219 Å². The van der Waals surface area contributed by atoms with Gasteiger partial charge >= 0.3 is 12.1 Å². The number of aromatic nitrogens is 1. The molecule has 0 saturated heterocycles. The molecule has 37 heavy (non-hydrogen) atoms. The summed E-state index contributed by atoms with van der Waals surface area (Å²) < 4.78 is 10.8. The highest BCUT2D eigenvalue weighted by Crippen LogP contribution is 2.39. The molecule has 1 aromatic heterocycles. The molecule has 2 aromatic rings. The molecule has 2 heterocycles. The number of H-pyrrole nitrogens is 1. The Morgan fingerprint density at radius 2 is 1.81 bits per heavy atom. The molecule has 1 atom stereocenters. The van der Waals surface area contributed by atoms with Gasteiger partial charge in [0.2, 0.25) is 5.91 Å². The molecule has 202 valence electrons. The molecule has 1 aliphatic carbocycles. The van der Waals surface area contributed by atoms with Gasteiger partial charge in [0.05, 0.1) is 19.1 Å². The van der Waals surface area contributed by atoms with Crippen LogP contribution >= 0.6 is 0 Å². The van der Waals surface area contributed by atoms with Gasteiger partial charge in [0, 0.05) is 42.7 Å². The third-order valence-electron chi connectivity index (χ3n) is 7.54. The first kappa shape index (κ1) is 27.0. The molecule has 1 N–H and O–H groups in total. The number of ether oxygens (including phenoxy) is 2. The smallest absolute Gasteiger partial charge is 0.410 e. The van der Waals surface area contributed by atoms with E-state index in [1.807, 2.05) is 43.9 Å². The Morgan fingerprint density at radius 3 is 2.49 bits per heavy atom. The van der Waals surface area contributed by atoms with Crippen LogP contribution < -0.4 is 0 Å². The van der Waals surface area contributed by atoms with Crippen molar-refractivity contribution in [2.45, 2.75) is 77.9 Å². The maximum absolute atomic E-state index is 13.8. The fourth-order valence-corrected chi connectivity index (χ4v) is 5.80. The Bertz CT molecular complexity index is 1130. The van der Waals surface area contributed by atoms with Crippen LogP contribution in [0.2, 0.25) is 0 Å².